The molecule has 0 N–H and O–H groups in total. The van der Waals surface area contributed by atoms with Crippen LogP contribution >= 0.6 is 0 Å². The second kappa shape index (κ2) is 7.62. The van der Waals surface area contributed by atoms with Gasteiger partial charge in [0.25, 0.3) is 0 Å². The van der Waals surface area contributed by atoms with E-state index in [1.54, 1.807) is 0 Å². The minimum Gasteiger partial charge on any atom is -0.469 e. The van der Waals surface area contributed by atoms with Crippen LogP contribution in [0.4, 0.5) is 0 Å². The molecule has 1 aliphatic heterocycles. The van der Waals surface area contributed by atoms with Crippen LogP contribution in [0.3, 0.4) is 0 Å². The molecule has 22 heavy (non-hydrogen) atoms. The maximum absolute atomic E-state index is 11.1. The van der Waals surface area contributed by atoms with Gasteiger partial charge in [-0.1, -0.05) is 12.1 Å². The van der Waals surface area contributed by atoms with Gasteiger partial charge in [0.15, 0.2) is 0 Å². The Bertz CT molecular complexity index is 393. The first-order valence-electron chi connectivity index (χ1n) is 7.90. The fourth-order valence-corrected chi connectivity index (χ4v) is 2.14. The van der Waals surface area contributed by atoms with Crippen molar-refractivity contribution in [2.75, 3.05) is 20.7 Å². The van der Waals surface area contributed by atoms with Crippen molar-refractivity contribution in [3.63, 3.8) is 0 Å². The Kier molecular flexibility index (Phi) is 6.65. The van der Waals surface area contributed by atoms with Crippen LogP contribution in [0.25, 0.3) is 0 Å². The predicted molar refractivity (Wildman–Crippen MR) is 88.6 cm³/mol. The molecule has 0 aromatic heterocycles. The Balaban J connectivity index is 2.41. The summed E-state index contributed by atoms with van der Waals surface area (Å²) in [6.45, 7) is 11.1. The molecule has 0 unspecified atom stereocenters. The van der Waals surface area contributed by atoms with Crippen molar-refractivity contribution in [3.8, 4) is 0 Å². The lowest BCUT2D eigenvalue weighted by Crippen LogP contribution is -2.41. The van der Waals surface area contributed by atoms with E-state index in [9.17, 15) is 4.79 Å². The lowest BCUT2D eigenvalue weighted by molar-refractivity contribution is -0.140. The standard InChI is InChI=1S/C16H30BNO4/c1-13(18(6)12-8-9-14(19)20-7)10-11-17-21-15(2,3)16(4,5)22-17/h10-11,13H,8-9,12H2,1-7H3/b11-10+/t13-/m0/s1. The SMILES string of the molecule is COC(=O)CCCN(C)[C@@H](C)/C=C/B1OC(C)(C)C(C)(C)O1. The first-order valence-corrected chi connectivity index (χ1v) is 7.90. The third-order valence-electron chi connectivity index (χ3n) is 4.63. The van der Waals surface area contributed by atoms with Gasteiger partial charge >= 0.3 is 13.1 Å². The van der Waals surface area contributed by atoms with Crippen molar-refractivity contribution < 1.29 is 18.8 Å². The van der Waals surface area contributed by atoms with Crippen LogP contribution < -0.4 is 0 Å². The molecule has 1 heterocycles. The maximum atomic E-state index is 11.1. The molecule has 0 aromatic carbocycles. The van der Waals surface area contributed by atoms with Gasteiger partial charge in [-0.25, -0.2) is 0 Å². The second-order valence-electron chi connectivity index (χ2n) is 6.91. The van der Waals surface area contributed by atoms with E-state index in [-0.39, 0.29) is 30.3 Å². The van der Waals surface area contributed by atoms with Crippen LogP contribution in [-0.4, -0.2) is 55.9 Å². The van der Waals surface area contributed by atoms with Gasteiger partial charge in [-0.3, -0.25) is 4.79 Å². The van der Waals surface area contributed by atoms with Crippen LogP contribution in [0.1, 0.15) is 47.5 Å². The second-order valence-corrected chi connectivity index (χ2v) is 6.91. The van der Waals surface area contributed by atoms with Crippen molar-refractivity contribution in [2.45, 2.75) is 64.7 Å². The fourth-order valence-electron chi connectivity index (χ4n) is 2.14. The van der Waals surface area contributed by atoms with Gasteiger partial charge in [0.1, 0.15) is 0 Å². The van der Waals surface area contributed by atoms with Crippen LogP contribution in [0.15, 0.2) is 12.1 Å². The highest BCUT2D eigenvalue weighted by Crippen LogP contribution is 2.36. The van der Waals surface area contributed by atoms with E-state index in [0.29, 0.717) is 6.42 Å². The van der Waals surface area contributed by atoms with Crippen LogP contribution in [0.5, 0.6) is 0 Å². The van der Waals surface area contributed by atoms with Gasteiger partial charge in [-0.2, -0.15) is 0 Å². The summed E-state index contributed by atoms with van der Waals surface area (Å²) in [7, 11) is 3.15. The molecule has 0 saturated carbocycles. The third kappa shape index (κ3) is 5.11. The molecule has 1 aliphatic rings. The molecule has 126 valence electrons. The average molecular weight is 311 g/mol. The van der Waals surface area contributed by atoms with Crippen molar-refractivity contribution >= 4 is 13.1 Å². The summed E-state index contributed by atoms with van der Waals surface area (Å²) < 4.78 is 16.5. The summed E-state index contributed by atoms with van der Waals surface area (Å²) in [6.07, 6.45) is 3.33. The Morgan fingerprint density at radius 3 is 2.32 bits per heavy atom. The number of nitrogens with zero attached hydrogens (tertiary/aromatic N) is 1. The third-order valence-corrected chi connectivity index (χ3v) is 4.63. The minimum atomic E-state index is -0.309. The molecular weight excluding hydrogens is 281 g/mol. The van der Waals surface area contributed by atoms with E-state index < -0.39 is 0 Å². The van der Waals surface area contributed by atoms with Crippen molar-refractivity contribution in [1.29, 1.82) is 0 Å². The molecule has 0 amide bonds. The molecule has 1 fully saturated rings. The normalized spacial score (nSPS) is 21.5. The van der Waals surface area contributed by atoms with E-state index in [0.717, 1.165) is 13.0 Å². The average Bonchev–Trinajstić information content (AvgIpc) is 2.63. The Hall–Kier alpha value is -0.845. The molecule has 0 spiro atoms. The van der Waals surface area contributed by atoms with Crippen LogP contribution in [0, 0.1) is 0 Å². The van der Waals surface area contributed by atoms with Gasteiger partial charge < -0.3 is 18.9 Å². The molecule has 1 rings (SSSR count). The largest absolute Gasteiger partial charge is 0.486 e. The number of carbonyl (C=O) groups excluding carboxylic acids is 1. The lowest BCUT2D eigenvalue weighted by atomic mass is 9.89. The Morgan fingerprint density at radius 2 is 1.82 bits per heavy atom. The van der Waals surface area contributed by atoms with E-state index in [1.165, 1.54) is 7.11 Å². The monoisotopic (exact) mass is 311 g/mol. The summed E-state index contributed by atoms with van der Waals surface area (Å²) in [6, 6.07) is 0.247. The van der Waals surface area contributed by atoms with Crippen LogP contribution in [-0.2, 0) is 18.8 Å². The summed E-state index contributed by atoms with van der Waals surface area (Å²) in [5, 5.41) is 0. The molecular formula is C16H30BNO4. The van der Waals surface area contributed by atoms with Crippen LogP contribution in [0.2, 0.25) is 0 Å². The zero-order valence-corrected chi connectivity index (χ0v) is 15.0. The molecule has 0 aliphatic carbocycles. The summed E-state index contributed by atoms with van der Waals surface area (Å²) >= 11 is 0. The fraction of sp³-hybridized carbons (Fsp3) is 0.812. The van der Waals surface area contributed by atoms with E-state index in [1.807, 2.05) is 40.7 Å². The van der Waals surface area contributed by atoms with Crippen molar-refractivity contribution in [3.05, 3.63) is 12.1 Å². The van der Waals surface area contributed by atoms with Gasteiger partial charge in [-0.05, 0) is 54.6 Å². The van der Waals surface area contributed by atoms with Gasteiger partial charge in [0.2, 0.25) is 0 Å². The molecule has 6 heteroatoms. The molecule has 0 radical (unpaired) electrons. The van der Waals surface area contributed by atoms with Gasteiger partial charge in [-0.15, -0.1) is 0 Å². The first kappa shape index (κ1) is 19.2. The first-order chi connectivity index (χ1) is 10.1. The number of methoxy groups -OCH3 is 1. The number of ether oxygens (including phenoxy) is 1. The summed E-state index contributed by atoms with van der Waals surface area (Å²) in [5.41, 5.74) is -0.616. The molecule has 1 saturated heterocycles. The Morgan fingerprint density at radius 1 is 1.27 bits per heavy atom. The zero-order valence-electron chi connectivity index (χ0n) is 15.0. The highest BCUT2D eigenvalue weighted by atomic mass is 16.7. The lowest BCUT2D eigenvalue weighted by Gasteiger charge is -2.32. The zero-order chi connectivity index (χ0) is 17.0. The number of likely N-dealkylation sites (N-methyl/N-ethyl adjacent to an activating group) is 1. The number of esters is 1. The van der Waals surface area contributed by atoms with Crippen molar-refractivity contribution in [1.82, 2.24) is 4.90 Å². The number of hydrogen-bond donors (Lipinski definition) is 0. The Labute approximate surface area is 135 Å². The van der Waals surface area contributed by atoms with E-state index in [4.69, 9.17) is 9.31 Å². The van der Waals surface area contributed by atoms with E-state index in [2.05, 4.69) is 22.6 Å². The smallest absolute Gasteiger partial charge is 0.469 e. The molecule has 5 nitrogen and oxygen atoms in total. The molecule has 0 bridgehead atoms. The highest BCUT2D eigenvalue weighted by molar-refractivity contribution is 6.51. The number of carbonyl (C=O) groups is 1. The topological polar surface area (TPSA) is 48.0 Å². The predicted octanol–water partition coefficient (Wildman–Crippen LogP) is 2.45. The van der Waals surface area contributed by atoms with Crippen molar-refractivity contribution in [2.24, 2.45) is 0 Å². The number of hydrogen-bond acceptors (Lipinski definition) is 5. The summed E-state index contributed by atoms with van der Waals surface area (Å²) in [5.74, 6) is 1.81. The van der Waals surface area contributed by atoms with E-state index >= 15 is 0 Å². The molecule has 0 aromatic rings. The van der Waals surface area contributed by atoms with Gasteiger partial charge in [0.05, 0.1) is 18.3 Å². The minimum absolute atomic E-state index is 0.159. The maximum Gasteiger partial charge on any atom is 0.486 e. The molecule has 1 atom stereocenters. The van der Waals surface area contributed by atoms with Gasteiger partial charge in [0, 0.05) is 12.5 Å². The highest BCUT2D eigenvalue weighted by Gasteiger charge is 2.50. The number of rotatable bonds is 7. The summed E-state index contributed by atoms with van der Waals surface area (Å²) in [4.78, 5) is 13.3. The quantitative estimate of drug-likeness (QED) is 0.534.